The first kappa shape index (κ1) is 16.4. The van der Waals surface area contributed by atoms with Gasteiger partial charge in [-0.3, -0.25) is 4.79 Å². The van der Waals surface area contributed by atoms with Crippen LogP contribution in [0.5, 0.6) is 0 Å². The minimum Gasteiger partial charge on any atom is -0.358 e. The van der Waals surface area contributed by atoms with Crippen LogP contribution in [0.1, 0.15) is 12.1 Å². The van der Waals surface area contributed by atoms with Crippen molar-refractivity contribution in [2.75, 3.05) is 27.2 Å². The minimum absolute atomic E-state index is 0.0320. The molecule has 8 nitrogen and oxygen atoms in total. The Hall–Kier alpha value is -1.67. The lowest BCUT2D eigenvalue weighted by Gasteiger charge is -2.09. The van der Waals surface area contributed by atoms with Crippen LogP contribution < -0.4 is 5.32 Å². The minimum atomic E-state index is -0.666. The molecule has 0 fully saturated rings. The van der Waals surface area contributed by atoms with E-state index in [4.69, 9.17) is 11.6 Å². The summed E-state index contributed by atoms with van der Waals surface area (Å²) in [5.74, 6) is -0.675. The molecule has 0 saturated heterocycles. The highest BCUT2D eigenvalue weighted by Gasteiger charge is 2.24. The first-order valence-electron chi connectivity index (χ1n) is 6.11. The number of halogens is 1. The summed E-state index contributed by atoms with van der Waals surface area (Å²) in [5, 5.41) is 17.1. The normalized spacial score (nSPS) is 10.8. The number of carbonyl (C=O) groups is 1. The van der Waals surface area contributed by atoms with E-state index in [0.29, 0.717) is 12.2 Å². The molecule has 0 saturated carbocycles. The van der Waals surface area contributed by atoms with Gasteiger partial charge in [-0.1, -0.05) is 11.6 Å². The molecule has 1 N–H and O–H groups in total. The number of aromatic nitrogens is 2. The zero-order chi connectivity index (χ0) is 15.3. The van der Waals surface area contributed by atoms with E-state index in [1.807, 2.05) is 19.0 Å². The van der Waals surface area contributed by atoms with Crippen molar-refractivity contribution in [2.45, 2.75) is 19.9 Å². The average Bonchev–Trinajstić information content (AvgIpc) is 2.63. The lowest BCUT2D eigenvalue weighted by molar-refractivity contribution is -0.389. The van der Waals surface area contributed by atoms with Gasteiger partial charge in [0.05, 0.1) is 10.8 Å². The zero-order valence-electron chi connectivity index (χ0n) is 11.7. The Balaban J connectivity index is 2.54. The number of nitrogens with one attached hydrogen (secondary N) is 1. The van der Waals surface area contributed by atoms with E-state index >= 15 is 0 Å². The van der Waals surface area contributed by atoms with Gasteiger partial charge in [0, 0.05) is 6.54 Å². The molecular formula is C11H18ClN5O3. The van der Waals surface area contributed by atoms with Gasteiger partial charge in [0.25, 0.3) is 0 Å². The monoisotopic (exact) mass is 303 g/mol. The van der Waals surface area contributed by atoms with E-state index in [-0.39, 0.29) is 17.5 Å². The Morgan fingerprint density at radius 3 is 2.70 bits per heavy atom. The molecule has 1 amide bonds. The maximum atomic E-state index is 11.7. The number of nitrogens with zero attached hydrogens (tertiary/aromatic N) is 4. The van der Waals surface area contributed by atoms with E-state index in [9.17, 15) is 14.9 Å². The van der Waals surface area contributed by atoms with Gasteiger partial charge in [0.2, 0.25) is 5.91 Å². The van der Waals surface area contributed by atoms with Gasteiger partial charge < -0.3 is 20.3 Å². The molecular weight excluding hydrogens is 286 g/mol. The molecule has 0 radical (unpaired) electrons. The lowest BCUT2D eigenvalue weighted by atomic mass is 10.4. The highest BCUT2D eigenvalue weighted by molar-refractivity contribution is 6.33. The molecule has 0 aliphatic heterocycles. The van der Waals surface area contributed by atoms with Crippen molar-refractivity contribution >= 4 is 23.3 Å². The van der Waals surface area contributed by atoms with E-state index in [1.165, 1.54) is 4.68 Å². The summed E-state index contributed by atoms with van der Waals surface area (Å²) in [6.45, 7) is 2.93. The van der Waals surface area contributed by atoms with Crippen LogP contribution in [0.25, 0.3) is 0 Å². The molecule has 0 aromatic carbocycles. The number of hydrogen-bond acceptors (Lipinski definition) is 5. The summed E-state index contributed by atoms with van der Waals surface area (Å²) in [5.41, 5.74) is 0.404. The second-order valence-electron chi connectivity index (χ2n) is 4.64. The summed E-state index contributed by atoms with van der Waals surface area (Å²) in [4.78, 5) is 23.7. The first-order chi connectivity index (χ1) is 9.32. The van der Waals surface area contributed by atoms with Gasteiger partial charge in [-0.15, -0.1) is 0 Å². The Morgan fingerprint density at radius 2 is 2.20 bits per heavy atom. The van der Waals surface area contributed by atoms with E-state index in [1.54, 1.807) is 6.92 Å². The van der Waals surface area contributed by atoms with Crippen LogP contribution in [0, 0.1) is 17.0 Å². The van der Waals surface area contributed by atoms with E-state index in [0.717, 1.165) is 13.0 Å². The molecule has 9 heteroatoms. The highest BCUT2D eigenvalue weighted by Crippen LogP contribution is 2.26. The Bertz CT molecular complexity index is 500. The van der Waals surface area contributed by atoms with Crippen molar-refractivity contribution in [2.24, 2.45) is 0 Å². The van der Waals surface area contributed by atoms with Gasteiger partial charge in [-0.2, -0.15) is 4.68 Å². The Kier molecular flexibility index (Phi) is 5.90. The van der Waals surface area contributed by atoms with Crippen molar-refractivity contribution < 1.29 is 9.72 Å². The standard InChI is InChI=1S/C11H18ClN5O3/c1-8-10(12)11(17(19)20)14-16(8)7-9(18)13-5-4-6-15(2)3/h4-7H2,1-3H3,(H,13,18). The fraction of sp³-hybridized carbons (Fsp3) is 0.636. The summed E-state index contributed by atoms with van der Waals surface area (Å²) in [6, 6.07) is 0. The zero-order valence-corrected chi connectivity index (χ0v) is 12.5. The molecule has 20 heavy (non-hydrogen) atoms. The third kappa shape index (κ3) is 4.46. The molecule has 0 unspecified atom stereocenters. The fourth-order valence-corrected chi connectivity index (χ4v) is 1.80. The Labute approximate surface area is 121 Å². The lowest BCUT2D eigenvalue weighted by Crippen LogP contribution is -2.30. The number of carbonyl (C=O) groups excluding carboxylic acids is 1. The molecule has 0 aliphatic rings. The predicted molar refractivity (Wildman–Crippen MR) is 74.8 cm³/mol. The SMILES string of the molecule is Cc1c(Cl)c([N+](=O)[O-])nn1CC(=O)NCCCN(C)C. The highest BCUT2D eigenvalue weighted by atomic mass is 35.5. The van der Waals surface area contributed by atoms with Crippen molar-refractivity contribution in [3.8, 4) is 0 Å². The van der Waals surface area contributed by atoms with Crippen LogP contribution in [0.3, 0.4) is 0 Å². The second kappa shape index (κ2) is 7.20. The molecule has 1 heterocycles. The molecule has 1 rings (SSSR count). The third-order valence-electron chi connectivity index (χ3n) is 2.69. The van der Waals surface area contributed by atoms with Crippen LogP contribution in [-0.4, -0.2) is 52.7 Å². The Morgan fingerprint density at radius 1 is 1.55 bits per heavy atom. The van der Waals surface area contributed by atoms with E-state index in [2.05, 4.69) is 10.4 Å². The van der Waals surface area contributed by atoms with Crippen LogP contribution in [0.4, 0.5) is 5.82 Å². The van der Waals surface area contributed by atoms with Gasteiger partial charge in [0.15, 0.2) is 5.02 Å². The van der Waals surface area contributed by atoms with Gasteiger partial charge >= 0.3 is 5.82 Å². The summed E-state index contributed by atoms with van der Waals surface area (Å²) < 4.78 is 1.24. The fourth-order valence-electron chi connectivity index (χ4n) is 1.59. The van der Waals surface area contributed by atoms with Crippen molar-refractivity contribution in [1.82, 2.24) is 20.0 Å². The summed E-state index contributed by atoms with van der Waals surface area (Å²) >= 11 is 5.79. The largest absolute Gasteiger partial charge is 0.408 e. The summed E-state index contributed by atoms with van der Waals surface area (Å²) in [7, 11) is 3.91. The predicted octanol–water partition coefficient (Wildman–Crippen LogP) is 0.821. The molecule has 112 valence electrons. The molecule has 0 bridgehead atoms. The van der Waals surface area contributed by atoms with Crippen molar-refractivity contribution in [1.29, 1.82) is 0 Å². The number of hydrogen-bond donors (Lipinski definition) is 1. The van der Waals surface area contributed by atoms with Crippen LogP contribution in [-0.2, 0) is 11.3 Å². The quantitative estimate of drug-likeness (QED) is 0.457. The second-order valence-corrected chi connectivity index (χ2v) is 5.02. The number of rotatable bonds is 7. The number of nitro groups is 1. The van der Waals surface area contributed by atoms with Crippen LogP contribution in [0.2, 0.25) is 5.02 Å². The average molecular weight is 304 g/mol. The molecule has 0 spiro atoms. The third-order valence-corrected chi connectivity index (χ3v) is 3.13. The molecule has 1 aromatic heterocycles. The topological polar surface area (TPSA) is 93.3 Å². The van der Waals surface area contributed by atoms with E-state index < -0.39 is 10.7 Å². The molecule has 0 aliphatic carbocycles. The molecule has 0 atom stereocenters. The van der Waals surface area contributed by atoms with Crippen molar-refractivity contribution in [3.63, 3.8) is 0 Å². The van der Waals surface area contributed by atoms with Gasteiger partial charge in [-0.05, 0) is 38.9 Å². The maximum absolute atomic E-state index is 11.7. The van der Waals surface area contributed by atoms with Gasteiger partial charge in [-0.25, -0.2) is 0 Å². The molecule has 1 aromatic rings. The maximum Gasteiger partial charge on any atom is 0.408 e. The smallest absolute Gasteiger partial charge is 0.358 e. The van der Waals surface area contributed by atoms with Crippen molar-refractivity contribution in [3.05, 3.63) is 20.8 Å². The van der Waals surface area contributed by atoms with Gasteiger partial charge in [0.1, 0.15) is 6.54 Å². The van der Waals surface area contributed by atoms with Crippen LogP contribution in [0.15, 0.2) is 0 Å². The van der Waals surface area contributed by atoms with Crippen LogP contribution >= 0.6 is 11.6 Å². The summed E-state index contributed by atoms with van der Waals surface area (Å²) in [6.07, 6.45) is 0.831. The first-order valence-corrected chi connectivity index (χ1v) is 6.49. The number of amides is 1.